The van der Waals surface area contributed by atoms with Gasteiger partial charge in [-0.1, -0.05) is 17.7 Å². The number of alkyl halides is 1. The van der Waals surface area contributed by atoms with E-state index in [9.17, 15) is 5.26 Å². The maximum atomic E-state index is 9.22. The van der Waals surface area contributed by atoms with Crippen molar-refractivity contribution in [1.29, 1.82) is 5.26 Å². The van der Waals surface area contributed by atoms with Crippen LogP contribution in [0, 0.1) is 11.3 Å². The van der Waals surface area contributed by atoms with Crippen LogP contribution in [0.5, 0.6) is 0 Å². The number of nitrogens with zero attached hydrogens (tertiary/aromatic N) is 3. The Morgan fingerprint density at radius 1 is 1.38 bits per heavy atom. The molecule has 3 nitrogen and oxygen atoms in total. The van der Waals surface area contributed by atoms with Crippen molar-refractivity contribution in [3.8, 4) is 6.07 Å². The molecule has 1 atom stereocenters. The molecule has 0 N–H and O–H groups in total. The normalized spacial score (nSPS) is 12.5. The summed E-state index contributed by atoms with van der Waals surface area (Å²) >= 11 is 13.8. The third-order valence-electron chi connectivity index (χ3n) is 3.23. The van der Waals surface area contributed by atoms with Gasteiger partial charge in [-0.2, -0.15) is 5.26 Å². The van der Waals surface area contributed by atoms with E-state index in [0.29, 0.717) is 17.6 Å². The van der Waals surface area contributed by atoms with E-state index >= 15 is 0 Å². The van der Waals surface area contributed by atoms with Crippen molar-refractivity contribution in [2.45, 2.75) is 18.8 Å². The van der Waals surface area contributed by atoms with Crippen LogP contribution < -0.4 is 0 Å². The van der Waals surface area contributed by atoms with Gasteiger partial charge >= 0.3 is 0 Å². The van der Waals surface area contributed by atoms with E-state index in [1.165, 1.54) is 11.3 Å². The van der Waals surface area contributed by atoms with E-state index in [1.54, 1.807) is 6.07 Å². The minimum absolute atomic E-state index is 0.237. The van der Waals surface area contributed by atoms with Crippen LogP contribution in [0.25, 0.3) is 11.0 Å². The summed E-state index contributed by atoms with van der Waals surface area (Å²) in [6.45, 7) is 2.53. The first-order valence-electron chi connectivity index (χ1n) is 6.37. The quantitative estimate of drug-likeness (QED) is 0.634. The van der Waals surface area contributed by atoms with E-state index < -0.39 is 0 Å². The summed E-state index contributed by atoms with van der Waals surface area (Å²) < 4.78 is 2.81. The van der Waals surface area contributed by atoms with Crippen molar-refractivity contribution < 1.29 is 0 Å². The SMILES string of the molecule is CC(Cl)c1nc2c(C#N)cccc2n1Cc1ccc(Cl)s1. The fraction of sp³-hybridized carbons (Fsp3) is 0.200. The maximum absolute atomic E-state index is 9.22. The summed E-state index contributed by atoms with van der Waals surface area (Å²) in [5.41, 5.74) is 2.18. The molecule has 1 aromatic carbocycles. The molecule has 2 aromatic heterocycles. The molecule has 2 heterocycles. The molecule has 21 heavy (non-hydrogen) atoms. The molecule has 0 radical (unpaired) electrons. The molecular formula is C15H11Cl2N3S. The fourth-order valence-corrected chi connectivity index (χ4v) is 3.56. The lowest BCUT2D eigenvalue weighted by Crippen LogP contribution is -2.04. The van der Waals surface area contributed by atoms with Crippen molar-refractivity contribution in [3.63, 3.8) is 0 Å². The van der Waals surface area contributed by atoms with Crippen LogP contribution in [0.1, 0.15) is 28.6 Å². The molecule has 0 aliphatic rings. The molecule has 1 unspecified atom stereocenters. The van der Waals surface area contributed by atoms with Gasteiger partial charge in [0.05, 0.1) is 27.3 Å². The number of fused-ring (bicyclic) bond motifs is 1. The highest BCUT2D eigenvalue weighted by atomic mass is 35.5. The van der Waals surface area contributed by atoms with Crippen LogP contribution in [0.4, 0.5) is 0 Å². The third-order valence-corrected chi connectivity index (χ3v) is 4.64. The summed E-state index contributed by atoms with van der Waals surface area (Å²) in [7, 11) is 0. The molecule has 0 saturated heterocycles. The van der Waals surface area contributed by atoms with Gasteiger partial charge in [0, 0.05) is 4.88 Å². The third kappa shape index (κ3) is 2.65. The van der Waals surface area contributed by atoms with Crippen molar-refractivity contribution in [3.05, 3.63) is 50.9 Å². The molecule has 0 bridgehead atoms. The molecule has 0 spiro atoms. The van der Waals surface area contributed by atoms with Crippen LogP contribution in [0.15, 0.2) is 30.3 Å². The molecule has 106 valence electrons. The summed E-state index contributed by atoms with van der Waals surface area (Å²) in [6.07, 6.45) is 0. The van der Waals surface area contributed by atoms with Gasteiger partial charge in [0.15, 0.2) is 0 Å². The zero-order valence-corrected chi connectivity index (χ0v) is 13.5. The average molecular weight is 336 g/mol. The predicted molar refractivity (Wildman–Crippen MR) is 87.1 cm³/mol. The lowest BCUT2D eigenvalue weighted by molar-refractivity contribution is 0.750. The second-order valence-corrected chi connectivity index (χ2v) is 7.12. The molecule has 3 rings (SSSR count). The largest absolute Gasteiger partial charge is 0.321 e. The van der Waals surface area contributed by atoms with E-state index in [0.717, 1.165) is 20.6 Å². The van der Waals surface area contributed by atoms with Crippen molar-refractivity contribution in [1.82, 2.24) is 9.55 Å². The number of hydrogen-bond donors (Lipinski definition) is 0. The zero-order chi connectivity index (χ0) is 15.0. The number of thiophene rings is 1. The number of nitriles is 1. The van der Waals surface area contributed by atoms with Gasteiger partial charge in [-0.3, -0.25) is 0 Å². The molecule has 0 aliphatic carbocycles. The maximum Gasteiger partial charge on any atom is 0.128 e. The van der Waals surface area contributed by atoms with Crippen LogP contribution >= 0.6 is 34.5 Å². The fourth-order valence-electron chi connectivity index (χ4n) is 2.32. The van der Waals surface area contributed by atoms with E-state index in [2.05, 4.69) is 15.6 Å². The average Bonchev–Trinajstić information content (AvgIpc) is 3.03. The number of para-hydroxylation sites is 1. The van der Waals surface area contributed by atoms with Gasteiger partial charge in [0.25, 0.3) is 0 Å². The molecule has 3 aromatic rings. The second kappa shape index (κ2) is 5.69. The van der Waals surface area contributed by atoms with Crippen LogP contribution in [0.2, 0.25) is 4.34 Å². The van der Waals surface area contributed by atoms with Gasteiger partial charge in [-0.05, 0) is 31.2 Å². The van der Waals surface area contributed by atoms with Crippen molar-refractivity contribution in [2.75, 3.05) is 0 Å². The first kappa shape index (κ1) is 14.4. The predicted octanol–water partition coefficient (Wildman–Crippen LogP) is 4.97. The van der Waals surface area contributed by atoms with E-state index in [4.69, 9.17) is 23.2 Å². The Morgan fingerprint density at radius 3 is 2.81 bits per heavy atom. The highest BCUT2D eigenvalue weighted by Crippen LogP contribution is 2.29. The number of aromatic nitrogens is 2. The van der Waals surface area contributed by atoms with Gasteiger partial charge in [-0.15, -0.1) is 22.9 Å². The topological polar surface area (TPSA) is 41.6 Å². The first-order valence-corrected chi connectivity index (χ1v) is 8.00. The molecular weight excluding hydrogens is 325 g/mol. The smallest absolute Gasteiger partial charge is 0.128 e. The van der Waals surface area contributed by atoms with Crippen LogP contribution in [-0.2, 0) is 6.54 Å². The van der Waals surface area contributed by atoms with Crippen LogP contribution in [-0.4, -0.2) is 9.55 Å². The van der Waals surface area contributed by atoms with Gasteiger partial charge in [0.1, 0.15) is 17.4 Å². The Balaban J connectivity index is 2.19. The monoisotopic (exact) mass is 335 g/mol. The Hall–Kier alpha value is -1.54. The Kier molecular flexibility index (Phi) is 3.90. The lowest BCUT2D eigenvalue weighted by atomic mass is 10.2. The number of imidazole rings is 1. The summed E-state index contributed by atoms with van der Waals surface area (Å²) in [6, 6.07) is 11.6. The highest BCUT2D eigenvalue weighted by molar-refractivity contribution is 7.16. The Labute approximate surface area is 136 Å². The lowest BCUT2D eigenvalue weighted by Gasteiger charge is -2.09. The summed E-state index contributed by atoms with van der Waals surface area (Å²) in [5.74, 6) is 0.763. The number of halogens is 2. The summed E-state index contributed by atoms with van der Waals surface area (Å²) in [4.78, 5) is 5.69. The molecule has 6 heteroatoms. The van der Waals surface area contributed by atoms with Crippen molar-refractivity contribution in [2.24, 2.45) is 0 Å². The zero-order valence-electron chi connectivity index (χ0n) is 11.2. The number of hydrogen-bond acceptors (Lipinski definition) is 3. The van der Waals surface area contributed by atoms with Gasteiger partial charge in [0.2, 0.25) is 0 Å². The molecule has 0 saturated carbocycles. The standard InChI is InChI=1S/C15H11Cl2N3S/c1-9(16)15-19-14-10(7-18)3-2-4-12(14)20(15)8-11-5-6-13(17)21-11/h2-6,9H,8H2,1H3. The van der Waals surface area contributed by atoms with Crippen LogP contribution in [0.3, 0.4) is 0 Å². The minimum atomic E-state index is -0.237. The molecule has 0 fully saturated rings. The summed E-state index contributed by atoms with van der Waals surface area (Å²) in [5, 5.41) is 8.98. The Morgan fingerprint density at radius 2 is 2.19 bits per heavy atom. The highest BCUT2D eigenvalue weighted by Gasteiger charge is 2.17. The van der Waals surface area contributed by atoms with Crippen molar-refractivity contribution >= 4 is 45.6 Å². The minimum Gasteiger partial charge on any atom is -0.321 e. The first-order chi connectivity index (χ1) is 10.1. The molecule has 0 aliphatic heterocycles. The second-order valence-electron chi connectivity index (χ2n) is 4.66. The number of benzene rings is 1. The Bertz CT molecular complexity index is 842. The number of rotatable bonds is 3. The van der Waals surface area contributed by atoms with Gasteiger partial charge in [-0.25, -0.2) is 4.98 Å². The van der Waals surface area contributed by atoms with Gasteiger partial charge < -0.3 is 4.57 Å². The van der Waals surface area contributed by atoms with E-state index in [1.807, 2.05) is 31.2 Å². The molecule has 0 amide bonds. The van der Waals surface area contributed by atoms with E-state index in [-0.39, 0.29) is 5.38 Å².